The molecule has 0 spiro atoms. The van der Waals surface area contributed by atoms with Gasteiger partial charge in [0.15, 0.2) is 0 Å². The Morgan fingerprint density at radius 1 is 1.67 bits per heavy atom. The first kappa shape index (κ1) is 16.9. The van der Waals surface area contributed by atoms with Crippen molar-refractivity contribution in [3.63, 3.8) is 0 Å². The number of rotatable bonds is 6. The molecule has 0 radical (unpaired) electrons. The minimum Gasteiger partial charge on any atom is -0.297 e. The zero-order chi connectivity index (χ0) is 14.2. The van der Waals surface area contributed by atoms with E-state index in [0.717, 1.165) is 18.4 Å². The number of carbonyl (C=O) groups excluding carboxylic acids is 1. The average Bonchev–Trinajstić information content (AvgIpc) is 2.33. The molecule has 0 saturated heterocycles. The van der Waals surface area contributed by atoms with E-state index in [1.807, 2.05) is 6.92 Å². The van der Waals surface area contributed by atoms with Crippen molar-refractivity contribution < 1.29 is 9.63 Å². The highest BCUT2D eigenvalue weighted by molar-refractivity contribution is 7.99. The van der Waals surface area contributed by atoms with Crippen molar-refractivity contribution in [2.45, 2.75) is 38.4 Å². The summed E-state index contributed by atoms with van der Waals surface area (Å²) in [6.07, 6.45) is 0.904. The van der Waals surface area contributed by atoms with Crippen molar-refractivity contribution in [1.29, 1.82) is 5.26 Å². The average molecular weight is 287 g/mol. The van der Waals surface area contributed by atoms with Gasteiger partial charge < -0.3 is 0 Å². The molecule has 0 aromatic rings. The van der Waals surface area contributed by atoms with Crippen molar-refractivity contribution in [3.05, 3.63) is 0 Å². The highest BCUT2D eigenvalue weighted by Gasteiger charge is 2.24. The van der Waals surface area contributed by atoms with E-state index >= 15 is 0 Å². The van der Waals surface area contributed by atoms with Crippen LogP contribution in [0.2, 0.25) is 0 Å². The molecule has 0 heterocycles. The molecular weight excluding hydrogens is 270 g/mol. The Morgan fingerprint density at radius 2 is 2.28 bits per heavy atom. The molecule has 0 unspecified atom stereocenters. The van der Waals surface area contributed by atoms with Gasteiger partial charge in [0.1, 0.15) is 4.75 Å². The van der Waals surface area contributed by atoms with Crippen LogP contribution < -0.4 is 0 Å². The standard InChI is InChI=1S/C11H17N3O2S2/c1-5-6-9(7-17)13-16-10(15)14(4)18-11(2,3)8-12/h7H,5-6H2,1-4H3. The van der Waals surface area contributed by atoms with Crippen LogP contribution in [-0.4, -0.2) is 33.3 Å². The summed E-state index contributed by atoms with van der Waals surface area (Å²) in [7, 11) is 1.53. The van der Waals surface area contributed by atoms with Gasteiger partial charge in [0, 0.05) is 12.4 Å². The summed E-state index contributed by atoms with van der Waals surface area (Å²) in [6.45, 7) is 5.40. The molecule has 0 saturated carbocycles. The molecule has 18 heavy (non-hydrogen) atoms. The summed E-state index contributed by atoms with van der Waals surface area (Å²) in [5.74, 6) is 0. The number of hydrogen-bond donors (Lipinski definition) is 0. The topological polar surface area (TPSA) is 65.7 Å². The van der Waals surface area contributed by atoms with Gasteiger partial charge in [-0.3, -0.25) is 9.14 Å². The third-order valence-corrected chi connectivity index (χ3v) is 3.02. The van der Waals surface area contributed by atoms with Crippen LogP contribution in [0.1, 0.15) is 33.6 Å². The van der Waals surface area contributed by atoms with Gasteiger partial charge in [-0.25, -0.2) is 4.79 Å². The smallest absolute Gasteiger partial charge is 0.297 e. The van der Waals surface area contributed by atoms with Crippen LogP contribution in [0.5, 0.6) is 0 Å². The molecule has 0 aliphatic rings. The largest absolute Gasteiger partial charge is 0.445 e. The third kappa shape index (κ3) is 6.57. The first-order chi connectivity index (χ1) is 8.36. The van der Waals surface area contributed by atoms with Crippen LogP contribution in [0.25, 0.3) is 0 Å². The predicted molar refractivity (Wildman–Crippen MR) is 77.5 cm³/mol. The zero-order valence-electron chi connectivity index (χ0n) is 11.0. The summed E-state index contributed by atoms with van der Waals surface area (Å²) in [5, 5.41) is 13.9. The maximum absolute atomic E-state index is 11.6. The number of thiocarbonyl (C=S) groups is 1. The molecule has 1 amide bonds. The van der Waals surface area contributed by atoms with Crippen LogP contribution in [0.4, 0.5) is 4.79 Å². The molecule has 0 rings (SSSR count). The summed E-state index contributed by atoms with van der Waals surface area (Å²) in [5.41, 5.74) is 0.554. The van der Waals surface area contributed by atoms with E-state index in [9.17, 15) is 4.79 Å². The van der Waals surface area contributed by atoms with Crippen LogP contribution in [0.15, 0.2) is 5.16 Å². The molecule has 0 atom stereocenters. The van der Waals surface area contributed by atoms with E-state index in [4.69, 9.17) is 22.3 Å². The molecule has 0 aliphatic heterocycles. The molecule has 0 bridgehead atoms. The SMILES string of the molecule is CCCC(C=S)=NOC(=O)N(C)SC(C)(C)C#N. The van der Waals surface area contributed by atoms with E-state index in [1.165, 1.54) is 16.7 Å². The van der Waals surface area contributed by atoms with Gasteiger partial charge in [0.05, 0.1) is 11.8 Å². The lowest BCUT2D eigenvalue weighted by Crippen LogP contribution is -2.26. The van der Waals surface area contributed by atoms with E-state index < -0.39 is 10.8 Å². The van der Waals surface area contributed by atoms with Gasteiger partial charge in [-0.15, -0.1) is 0 Å². The van der Waals surface area contributed by atoms with Crippen LogP contribution in [0, 0.1) is 11.3 Å². The fourth-order valence-corrected chi connectivity index (χ4v) is 1.93. The third-order valence-electron chi connectivity index (χ3n) is 1.77. The molecular formula is C11H17N3O2S2. The Balaban J connectivity index is 4.42. The van der Waals surface area contributed by atoms with Gasteiger partial charge in [-0.2, -0.15) is 5.26 Å². The number of nitrogens with zero attached hydrogens (tertiary/aromatic N) is 3. The summed E-state index contributed by atoms with van der Waals surface area (Å²) in [4.78, 5) is 16.3. The number of nitriles is 1. The molecule has 5 nitrogen and oxygen atoms in total. The van der Waals surface area contributed by atoms with Gasteiger partial charge in [-0.1, -0.05) is 30.7 Å². The first-order valence-electron chi connectivity index (χ1n) is 5.43. The fraction of sp³-hybridized carbons (Fsp3) is 0.636. The zero-order valence-corrected chi connectivity index (χ0v) is 12.6. The second-order valence-electron chi connectivity index (χ2n) is 4.02. The second-order valence-corrected chi connectivity index (χ2v) is 6.01. The summed E-state index contributed by atoms with van der Waals surface area (Å²) < 4.78 is 0.535. The Kier molecular flexibility index (Phi) is 7.55. The Labute approximate surface area is 117 Å². The second kappa shape index (κ2) is 8.06. The molecule has 7 heteroatoms. The minimum absolute atomic E-state index is 0.554. The lowest BCUT2D eigenvalue weighted by Gasteiger charge is -2.21. The van der Waals surface area contributed by atoms with Crippen molar-refractivity contribution in [3.8, 4) is 6.07 Å². The Morgan fingerprint density at radius 3 is 2.72 bits per heavy atom. The van der Waals surface area contributed by atoms with Crippen LogP contribution in [0.3, 0.4) is 0 Å². The van der Waals surface area contributed by atoms with Crippen molar-refractivity contribution in [2.75, 3.05) is 7.05 Å². The summed E-state index contributed by atoms with van der Waals surface area (Å²) in [6, 6.07) is 2.08. The molecule has 0 N–H and O–H groups in total. The van der Waals surface area contributed by atoms with Gasteiger partial charge in [-0.05, 0) is 32.2 Å². The molecule has 100 valence electrons. The number of oxime groups is 1. The van der Waals surface area contributed by atoms with Crippen molar-refractivity contribution in [2.24, 2.45) is 5.16 Å². The number of hydrogen-bond acceptors (Lipinski definition) is 6. The highest BCUT2D eigenvalue weighted by Crippen LogP contribution is 2.26. The Hall–Kier alpha value is -1.13. The predicted octanol–water partition coefficient (Wildman–Crippen LogP) is 3.16. The number of amides is 1. The molecule has 0 fully saturated rings. The Bertz CT molecular complexity index is 375. The fourth-order valence-electron chi connectivity index (χ4n) is 0.937. The van der Waals surface area contributed by atoms with E-state index in [2.05, 4.69) is 11.2 Å². The van der Waals surface area contributed by atoms with Crippen molar-refractivity contribution >= 4 is 41.3 Å². The molecule has 0 aromatic heterocycles. The number of carbonyl (C=O) groups is 1. The van der Waals surface area contributed by atoms with Crippen molar-refractivity contribution in [1.82, 2.24) is 4.31 Å². The lowest BCUT2D eigenvalue weighted by molar-refractivity contribution is 0.137. The van der Waals surface area contributed by atoms with E-state index in [-0.39, 0.29) is 0 Å². The first-order valence-corrected chi connectivity index (χ1v) is 6.68. The van der Waals surface area contributed by atoms with Crippen LogP contribution >= 0.6 is 24.2 Å². The normalized spacial score (nSPS) is 11.6. The van der Waals surface area contributed by atoms with Crippen LogP contribution in [-0.2, 0) is 4.84 Å². The monoisotopic (exact) mass is 287 g/mol. The molecule has 0 aromatic carbocycles. The lowest BCUT2D eigenvalue weighted by atomic mass is 10.2. The van der Waals surface area contributed by atoms with E-state index in [0.29, 0.717) is 12.1 Å². The quantitative estimate of drug-likeness (QED) is 0.247. The minimum atomic E-state index is -0.701. The van der Waals surface area contributed by atoms with Gasteiger partial charge in [0.2, 0.25) is 0 Å². The maximum atomic E-state index is 11.6. The van der Waals surface area contributed by atoms with Gasteiger partial charge >= 0.3 is 6.09 Å². The maximum Gasteiger partial charge on any atom is 0.445 e. The van der Waals surface area contributed by atoms with Gasteiger partial charge in [0.25, 0.3) is 0 Å². The molecule has 0 aliphatic carbocycles. The highest BCUT2D eigenvalue weighted by atomic mass is 32.2. The van der Waals surface area contributed by atoms with E-state index in [1.54, 1.807) is 13.8 Å². The summed E-state index contributed by atoms with van der Waals surface area (Å²) >= 11 is 5.83.